The molecule has 27 heavy (non-hydrogen) atoms. The van der Waals surface area contributed by atoms with Crippen molar-refractivity contribution in [3.05, 3.63) is 71.8 Å². The first-order valence-electron chi connectivity index (χ1n) is 10.3. The van der Waals surface area contributed by atoms with E-state index in [1.54, 1.807) is 0 Å². The largest absolute Gasteiger partial charge is 0.449 e. The Balaban J connectivity index is 1.80. The van der Waals surface area contributed by atoms with Gasteiger partial charge in [-0.2, -0.15) is 0 Å². The van der Waals surface area contributed by atoms with Crippen LogP contribution >= 0.6 is 0 Å². The van der Waals surface area contributed by atoms with Crippen molar-refractivity contribution in [3.8, 4) is 0 Å². The van der Waals surface area contributed by atoms with E-state index in [9.17, 15) is 4.79 Å². The lowest BCUT2D eigenvalue weighted by Crippen LogP contribution is -2.37. The zero-order valence-corrected chi connectivity index (χ0v) is 16.3. The second-order valence-electron chi connectivity index (χ2n) is 7.50. The Morgan fingerprint density at radius 3 is 2.04 bits per heavy atom. The highest BCUT2D eigenvalue weighted by Crippen LogP contribution is 2.30. The molecular formula is C24H31NO2. The van der Waals surface area contributed by atoms with Gasteiger partial charge >= 0.3 is 6.09 Å². The SMILES string of the molecule is CCCN(C(=O)OCC1CCCCC1)C(c1ccccc1)c1ccccc1. The molecule has 0 unspecified atom stereocenters. The first-order valence-corrected chi connectivity index (χ1v) is 10.3. The van der Waals surface area contributed by atoms with Crippen molar-refractivity contribution in [2.24, 2.45) is 5.92 Å². The average molecular weight is 366 g/mol. The third kappa shape index (κ3) is 5.35. The lowest BCUT2D eigenvalue weighted by molar-refractivity contribution is 0.0719. The van der Waals surface area contributed by atoms with Crippen molar-refractivity contribution in [2.75, 3.05) is 13.2 Å². The summed E-state index contributed by atoms with van der Waals surface area (Å²) in [7, 11) is 0. The third-order valence-electron chi connectivity index (χ3n) is 5.41. The highest BCUT2D eigenvalue weighted by molar-refractivity contribution is 5.69. The van der Waals surface area contributed by atoms with Gasteiger partial charge in [-0.3, -0.25) is 4.90 Å². The van der Waals surface area contributed by atoms with Crippen LogP contribution in [-0.4, -0.2) is 24.1 Å². The fraction of sp³-hybridized carbons (Fsp3) is 0.458. The fourth-order valence-electron chi connectivity index (χ4n) is 4.02. The number of ether oxygens (including phenoxy) is 1. The maximum absolute atomic E-state index is 13.1. The van der Waals surface area contributed by atoms with Gasteiger partial charge in [0.15, 0.2) is 0 Å². The molecule has 144 valence electrons. The smallest absolute Gasteiger partial charge is 0.410 e. The van der Waals surface area contributed by atoms with Crippen molar-refractivity contribution in [1.29, 1.82) is 0 Å². The van der Waals surface area contributed by atoms with Crippen LogP contribution in [0.2, 0.25) is 0 Å². The summed E-state index contributed by atoms with van der Waals surface area (Å²) in [6.45, 7) is 3.34. The summed E-state index contributed by atoms with van der Waals surface area (Å²) >= 11 is 0. The summed E-state index contributed by atoms with van der Waals surface area (Å²) < 4.78 is 5.81. The lowest BCUT2D eigenvalue weighted by Gasteiger charge is -2.32. The molecule has 1 saturated carbocycles. The predicted octanol–water partition coefficient (Wildman–Crippen LogP) is 6.20. The Hall–Kier alpha value is -2.29. The van der Waals surface area contributed by atoms with Gasteiger partial charge in [-0.25, -0.2) is 4.79 Å². The number of carbonyl (C=O) groups excluding carboxylic acids is 1. The van der Waals surface area contributed by atoms with Crippen LogP contribution in [0, 0.1) is 5.92 Å². The van der Waals surface area contributed by atoms with Crippen LogP contribution in [0.1, 0.15) is 62.6 Å². The zero-order valence-electron chi connectivity index (χ0n) is 16.3. The van der Waals surface area contributed by atoms with Crippen LogP contribution in [0.4, 0.5) is 4.79 Å². The van der Waals surface area contributed by atoms with Crippen LogP contribution in [-0.2, 0) is 4.74 Å². The number of carbonyl (C=O) groups is 1. The molecule has 0 aliphatic heterocycles. The van der Waals surface area contributed by atoms with Crippen LogP contribution < -0.4 is 0 Å². The van der Waals surface area contributed by atoms with Gasteiger partial charge in [-0.15, -0.1) is 0 Å². The monoisotopic (exact) mass is 365 g/mol. The molecule has 3 rings (SSSR count). The van der Waals surface area contributed by atoms with E-state index in [4.69, 9.17) is 4.74 Å². The molecule has 0 bridgehead atoms. The van der Waals surface area contributed by atoms with E-state index in [0.717, 1.165) is 17.5 Å². The first-order chi connectivity index (χ1) is 13.3. The number of hydrogen-bond acceptors (Lipinski definition) is 2. The number of amides is 1. The normalized spacial score (nSPS) is 14.9. The second kappa shape index (κ2) is 10.1. The van der Waals surface area contributed by atoms with Crippen molar-refractivity contribution in [3.63, 3.8) is 0 Å². The first kappa shape index (κ1) is 19.5. The highest BCUT2D eigenvalue weighted by atomic mass is 16.6. The van der Waals surface area contributed by atoms with E-state index in [1.165, 1.54) is 32.1 Å². The van der Waals surface area contributed by atoms with Gasteiger partial charge in [0.25, 0.3) is 0 Å². The maximum Gasteiger partial charge on any atom is 0.410 e. The summed E-state index contributed by atoms with van der Waals surface area (Å²) in [5.41, 5.74) is 2.23. The zero-order chi connectivity index (χ0) is 18.9. The quantitative estimate of drug-likeness (QED) is 0.584. The van der Waals surface area contributed by atoms with E-state index in [-0.39, 0.29) is 12.1 Å². The summed E-state index contributed by atoms with van der Waals surface area (Å²) in [5, 5.41) is 0. The van der Waals surface area contributed by atoms with Crippen molar-refractivity contribution < 1.29 is 9.53 Å². The van der Waals surface area contributed by atoms with E-state index in [1.807, 2.05) is 41.3 Å². The van der Waals surface area contributed by atoms with E-state index in [2.05, 4.69) is 31.2 Å². The van der Waals surface area contributed by atoms with E-state index < -0.39 is 0 Å². The van der Waals surface area contributed by atoms with Crippen LogP contribution in [0.3, 0.4) is 0 Å². The van der Waals surface area contributed by atoms with E-state index in [0.29, 0.717) is 19.1 Å². The molecule has 0 radical (unpaired) electrons. The van der Waals surface area contributed by atoms with Gasteiger partial charge in [0.1, 0.15) is 0 Å². The molecule has 2 aromatic rings. The van der Waals surface area contributed by atoms with Gasteiger partial charge < -0.3 is 4.74 Å². The molecular weight excluding hydrogens is 334 g/mol. The summed E-state index contributed by atoms with van der Waals surface area (Å²) in [5.74, 6) is 0.526. The molecule has 1 amide bonds. The summed E-state index contributed by atoms with van der Waals surface area (Å²) in [6, 6.07) is 20.4. The molecule has 0 N–H and O–H groups in total. The van der Waals surface area contributed by atoms with Crippen molar-refractivity contribution >= 4 is 6.09 Å². The Labute approximate surface area is 163 Å². The van der Waals surface area contributed by atoms with E-state index >= 15 is 0 Å². The number of rotatable bonds is 7. The number of benzene rings is 2. The minimum Gasteiger partial charge on any atom is -0.449 e. The summed E-state index contributed by atoms with van der Waals surface area (Å²) in [4.78, 5) is 15.0. The Morgan fingerprint density at radius 2 is 1.52 bits per heavy atom. The minimum atomic E-state index is -0.194. The standard InChI is InChI=1S/C24H31NO2/c1-2-18-25(24(26)27-19-20-12-6-3-7-13-20)23(21-14-8-4-9-15-21)22-16-10-5-11-17-22/h4-5,8-11,14-17,20,23H,2-3,6-7,12-13,18-19H2,1H3. The van der Waals surface area contributed by atoms with Crippen LogP contribution in [0.15, 0.2) is 60.7 Å². The Morgan fingerprint density at radius 1 is 0.963 bits per heavy atom. The van der Waals surface area contributed by atoms with Gasteiger partial charge in [-0.1, -0.05) is 86.8 Å². The third-order valence-corrected chi connectivity index (χ3v) is 5.41. The molecule has 0 aromatic heterocycles. The lowest BCUT2D eigenvalue weighted by atomic mass is 9.90. The van der Waals surface area contributed by atoms with Gasteiger partial charge in [0.2, 0.25) is 0 Å². The fourth-order valence-corrected chi connectivity index (χ4v) is 4.02. The molecule has 1 aliphatic carbocycles. The molecule has 0 heterocycles. The molecule has 2 aromatic carbocycles. The van der Waals surface area contributed by atoms with Crippen molar-refractivity contribution in [1.82, 2.24) is 4.90 Å². The predicted molar refractivity (Wildman–Crippen MR) is 110 cm³/mol. The average Bonchev–Trinajstić information content (AvgIpc) is 2.74. The molecule has 1 fully saturated rings. The van der Waals surface area contributed by atoms with Gasteiger partial charge in [0.05, 0.1) is 12.6 Å². The minimum absolute atomic E-state index is 0.119. The van der Waals surface area contributed by atoms with Crippen LogP contribution in [0.25, 0.3) is 0 Å². The van der Waals surface area contributed by atoms with Gasteiger partial charge in [0, 0.05) is 6.54 Å². The number of hydrogen-bond donors (Lipinski definition) is 0. The highest BCUT2D eigenvalue weighted by Gasteiger charge is 2.28. The van der Waals surface area contributed by atoms with Crippen LogP contribution in [0.5, 0.6) is 0 Å². The molecule has 0 atom stereocenters. The Kier molecular flexibility index (Phi) is 7.32. The molecule has 0 saturated heterocycles. The number of nitrogens with zero attached hydrogens (tertiary/aromatic N) is 1. The molecule has 3 nitrogen and oxygen atoms in total. The topological polar surface area (TPSA) is 29.5 Å². The van der Waals surface area contributed by atoms with Gasteiger partial charge in [-0.05, 0) is 36.3 Å². The molecule has 0 spiro atoms. The summed E-state index contributed by atoms with van der Waals surface area (Å²) in [6.07, 6.45) is 6.91. The molecule has 1 aliphatic rings. The molecule has 3 heteroatoms. The second-order valence-corrected chi connectivity index (χ2v) is 7.50. The Bertz CT molecular complexity index is 641. The van der Waals surface area contributed by atoms with Crippen molar-refractivity contribution in [2.45, 2.75) is 51.5 Å². The maximum atomic E-state index is 13.1.